The molecule has 0 fully saturated rings. The van der Waals surface area contributed by atoms with Crippen molar-refractivity contribution in [2.75, 3.05) is 17.2 Å². The maximum absolute atomic E-state index is 14.6. The number of carbonyl (C=O) groups excluding carboxylic acids is 1. The summed E-state index contributed by atoms with van der Waals surface area (Å²) in [6.07, 6.45) is 1.63. The molecular formula is C28H24F2N4O. The largest absolute Gasteiger partial charge is 0.383 e. The molecule has 1 aliphatic heterocycles. The molecule has 0 radical (unpaired) electrons. The van der Waals surface area contributed by atoms with Crippen LogP contribution in [0.4, 0.5) is 20.2 Å². The number of fused-ring (bicyclic) bond motifs is 4. The molecule has 2 aliphatic rings. The van der Waals surface area contributed by atoms with Crippen molar-refractivity contribution in [3.05, 3.63) is 106 Å². The van der Waals surface area contributed by atoms with Crippen LogP contribution in [0, 0.1) is 24.5 Å². The highest BCUT2D eigenvalue weighted by Gasteiger charge is 2.36. The van der Waals surface area contributed by atoms with E-state index in [0.29, 0.717) is 11.1 Å². The minimum Gasteiger partial charge on any atom is -0.383 e. The standard InChI is InChI=1S/C28H24F2N4O/c1-16-26-25(34(33-16)24-12-9-20(29)14-21(24)30)11-8-19-15-31-22-10-7-18(13-23(22)32-27(19)26)28(35)17-5-3-2-4-6-17/h2-7,9-10,12-14,19,27,31-32H,8,11,15H2,1H3. The summed E-state index contributed by atoms with van der Waals surface area (Å²) in [5, 5.41) is 11.9. The minimum absolute atomic E-state index is 0.0314. The molecule has 5 nitrogen and oxygen atoms in total. The zero-order valence-corrected chi connectivity index (χ0v) is 19.2. The zero-order chi connectivity index (χ0) is 24.1. The van der Waals surface area contributed by atoms with Gasteiger partial charge in [-0.15, -0.1) is 0 Å². The number of nitrogens with one attached hydrogen (secondary N) is 2. The fourth-order valence-corrected chi connectivity index (χ4v) is 5.34. The van der Waals surface area contributed by atoms with Gasteiger partial charge in [0.05, 0.1) is 23.1 Å². The van der Waals surface area contributed by atoms with E-state index in [4.69, 9.17) is 0 Å². The first-order valence-corrected chi connectivity index (χ1v) is 11.8. The van der Waals surface area contributed by atoms with E-state index in [1.165, 1.54) is 12.1 Å². The van der Waals surface area contributed by atoms with Gasteiger partial charge in [-0.3, -0.25) is 4.79 Å². The molecule has 2 N–H and O–H groups in total. The Morgan fingerprint density at radius 3 is 2.63 bits per heavy atom. The van der Waals surface area contributed by atoms with Crippen LogP contribution < -0.4 is 10.6 Å². The van der Waals surface area contributed by atoms with E-state index in [9.17, 15) is 13.6 Å². The third-order valence-electron chi connectivity index (χ3n) is 7.06. The molecule has 2 unspecified atom stereocenters. The van der Waals surface area contributed by atoms with Gasteiger partial charge in [0.2, 0.25) is 0 Å². The van der Waals surface area contributed by atoms with Crippen molar-refractivity contribution in [2.24, 2.45) is 5.92 Å². The maximum atomic E-state index is 14.6. The van der Waals surface area contributed by atoms with Crippen molar-refractivity contribution in [1.29, 1.82) is 0 Å². The topological polar surface area (TPSA) is 59.0 Å². The molecule has 0 amide bonds. The molecule has 1 aliphatic carbocycles. The Kier molecular flexibility index (Phi) is 5.13. The molecule has 4 aromatic rings. The van der Waals surface area contributed by atoms with Gasteiger partial charge in [0.1, 0.15) is 11.5 Å². The van der Waals surface area contributed by atoms with E-state index in [1.54, 1.807) is 4.68 Å². The fourth-order valence-electron chi connectivity index (χ4n) is 5.34. The highest BCUT2D eigenvalue weighted by molar-refractivity contribution is 6.09. The average Bonchev–Trinajstić information content (AvgIpc) is 3.08. The van der Waals surface area contributed by atoms with Gasteiger partial charge in [0.15, 0.2) is 11.6 Å². The first kappa shape index (κ1) is 21.5. The Hall–Kier alpha value is -4.00. The van der Waals surface area contributed by atoms with Gasteiger partial charge in [0.25, 0.3) is 0 Å². The van der Waals surface area contributed by atoms with Gasteiger partial charge in [-0.05, 0) is 50.1 Å². The number of hydrogen-bond acceptors (Lipinski definition) is 4. The molecule has 0 bridgehead atoms. The molecule has 2 atom stereocenters. The van der Waals surface area contributed by atoms with Crippen molar-refractivity contribution in [1.82, 2.24) is 9.78 Å². The lowest BCUT2D eigenvalue weighted by atomic mass is 9.81. The molecule has 0 saturated carbocycles. The second-order valence-electron chi connectivity index (χ2n) is 9.21. The summed E-state index contributed by atoms with van der Waals surface area (Å²) in [5.41, 5.74) is 6.08. The summed E-state index contributed by atoms with van der Waals surface area (Å²) in [4.78, 5) is 13.0. The predicted molar refractivity (Wildman–Crippen MR) is 131 cm³/mol. The van der Waals surface area contributed by atoms with Crippen molar-refractivity contribution in [3.63, 3.8) is 0 Å². The van der Waals surface area contributed by atoms with E-state index in [0.717, 1.165) is 53.8 Å². The number of anilines is 2. The third kappa shape index (κ3) is 3.67. The van der Waals surface area contributed by atoms with Crippen LogP contribution in [0.15, 0.2) is 66.7 Å². The summed E-state index contributed by atoms with van der Waals surface area (Å²) in [7, 11) is 0. The summed E-state index contributed by atoms with van der Waals surface area (Å²) < 4.78 is 29.7. The first-order chi connectivity index (χ1) is 17.0. The lowest BCUT2D eigenvalue weighted by Crippen LogP contribution is -2.30. The number of halogens is 2. The fraction of sp³-hybridized carbons (Fsp3) is 0.214. The van der Waals surface area contributed by atoms with Gasteiger partial charge >= 0.3 is 0 Å². The zero-order valence-electron chi connectivity index (χ0n) is 19.2. The highest BCUT2D eigenvalue weighted by atomic mass is 19.1. The van der Waals surface area contributed by atoms with Crippen LogP contribution in [0.2, 0.25) is 0 Å². The number of ketones is 1. The maximum Gasteiger partial charge on any atom is 0.193 e. The van der Waals surface area contributed by atoms with E-state index < -0.39 is 11.6 Å². The number of benzene rings is 3. The Balaban J connectivity index is 1.39. The SMILES string of the molecule is Cc1nn(-c2ccc(F)cc2F)c2c1C1Nc3cc(C(=O)c4ccccc4)ccc3NCC1CC2. The average molecular weight is 471 g/mol. The number of rotatable bonds is 3. The van der Waals surface area contributed by atoms with Crippen LogP contribution in [0.25, 0.3) is 5.69 Å². The first-order valence-electron chi connectivity index (χ1n) is 11.8. The summed E-state index contributed by atoms with van der Waals surface area (Å²) in [6, 6.07) is 18.4. The molecule has 6 rings (SSSR count). The molecule has 2 heterocycles. The van der Waals surface area contributed by atoms with E-state index >= 15 is 0 Å². The van der Waals surface area contributed by atoms with Crippen LogP contribution in [-0.2, 0) is 6.42 Å². The lowest BCUT2D eigenvalue weighted by molar-refractivity contribution is 0.103. The van der Waals surface area contributed by atoms with Crippen molar-refractivity contribution >= 4 is 17.2 Å². The van der Waals surface area contributed by atoms with Crippen molar-refractivity contribution in [3.8, 4) is 5.69 Å². The Labute approximate surface area is 201 Å². The van der Waals surface area contributed by atoms with E-state index in [-0.39, 0.29) is 23.4 Å². The monoisotopic (exact) mass is 470 g/mol. The van der Waals surface area contributed by atoms with Crippen molar-refractivity contribution in [2.45, 2.75) is 25.8 Å². The molecule has 35 heavy (non-hydrogen) atoms. The van der Waals surface area contributed by atoms with Crippen molar-refractivity contribution < 1.29 is 13.6 Å². The number of aryl methyl sites for hydroxylation is 1. The smallest absolute Gasteiger partial charge is 0.193 e. The normalized spacial score (nSPS) is 18.4. The van der Waals surface area contributed by atoms with Crippen LogP contribution in [0.3, 0.4) is 0 Å². The van der Waals surface area contributed by atoms with Gasteiger partial charge in [0, 0.05) is 40.9 Å². The summed E-state index contributed by atoms with van der Waals surface area (Å²) in [5.74, 6) is -0.992. The number of hydrogen-bond donors (Lipinski definition) is 2. The van der Waals surface area contributed by atoms with Crippen LogP contribution in [0.1, 0.15) is 45.3 Å². The second kappa shape index (κ2) is 8.34. The lowest BCUT2D eigenvalue weighted by Gasteiger charge is -2.31. The Bertz CT molecular complexity index is 1450. The molecule has 0 spiro atoms. The Morgan fingerprint density at radius 2 is 1.83 bits per heavy atom. The molecular weight excluding hydrogens is 446 g/mol. The molecule has 3 aromatic carbocycles. The molecule has 0 saturated heterocycles. The van der Waals surface area contributed by atoms with E-state index in [1.807, 2.05) is 55.5 Å². The van der Waals surface area contributed by atoms with Crippen LogP contribution in [0.5, 0.6) is 0 Å². The number of carbonyl (C=O) groups is 1. The Morgan fingerprint density at radius 1 is 1.00 bits per heavy atom. The van der Waals surface area contributed by atoms with Crippen LogP contribution >= 0.6 is 0 Å². The summed E-state index contributed by atoms with van der Waals surface area (Å²) >= 11 is 0. The quantitative estimate of drug-likeness (QED) is 0.370. The van der Waals surface area contributed by atoms with E-state index in [2.05, 4.69) is 15.7 Å². The summed E-state index contributed by atoms with van der Waals surface area (Å²) in [6.45, 7) is 2.70. The van der Waals surface area contributed by atoms with Gasteiger partial charge in [-0.1, -0.05) is 30.3 Å². The highest BCUT2D eigenvalue weighted by Crippen LogP contribution is 2.43. The minimum atomic E-state index is -0.637. The molecule has 176 valence electrons. The van der Waals surface area contributed by atoms with Gasteiger partial charge in [-0.2, -0.15) is 5.10 Å². The number of nitrogens with zero attached hydrogens (tertiary/aromatic N) is 2. The second-order valence-corrected chi connectivity index (χ2v) is 9.21. The molecule has 1 aromatic heterocycles. The van der Waals surface area contributed by atoms with Gasteiger partial charge in [-0.25, -0.2) is 13.5 Å². The van der Waals surface area contributed by atoms with Gasteiger partial charge < -0.3 is 10.6 Å². The third-order valence-corrected chi connectivity index (χ3v) is 7.06. The van der Waals surface area contributed by atoms with Crippen LogP contribution in [-0.4, -0.2) is 22.1 Å². The molecule has 7 heteroatoms. The number of aromatic nitrogens is 2. The predicted octanol–water partition coefficient (Wildman–Crippen LogP) is 5.83.